The van der Waals surface area contributed by atoms with Crippen LogP contribution in [0.4, 0.5) is 22.7 Å². The van der Waals surface area contributed by atoms with Gasteiger partial charge in [-0.05, 0) is 18.6 Å². The van der Waals surface area contributed by atoms with Gasteiger partial charge < -0.3 is 15.5 Å². The van der Waals surface area contributed by atoms with Gasteiger partial charge in [-0.25, -0.2) is 4.98 Å². The highest BCUT2D eigenvalue weighted by Gasteiger charge is 2.21. The number of piperazine rings is 1. The number of nitrogens with zero attached hydrogens (tertiary/aromatic N) is 5. The summed E-state index contributed by atoms with van der Waals surface area (Å²) in [6.45, 7) is 3.10. The van der Waals surface area contributed by atoms with E-state index in [1.165, 1.54) is 6.20 Å². The number of hydrogen-bond acceptors (Lipinski definition) is 9. The lowest BCUT2D eigenvalue weighted by molar-refractivity contribution is -0.120. The van der Waals surface area contributed by atoms with Crippen LogP contribution < -0.4 is 20.9 Å². The van der Waals surface area contributed by atoms with Gasteiger partial charge in [-0.2, -0.15) is 15.0 Å². The molecule has 0 radical (unpaired) electrons. The van der Waals surface area contributed by atoms with Gasteiger partial charge in [0, 0.05) is 18.7 Å². The molecule has 3 heterocycles. The summed E-state index contributed by atoms with van der Waals surface area (Å²) >= 11 is 7.39. The quantitative estimate of drug-likeness (QED) is 0.349. The summed E-state index contributed by atoms with van der Waals surface area (Å²) in [4.78, 5) is 44.9. The zero-order valence-corrected chi connectivity index (χ0v) is 20.7. The van der Waals surface area contributed by atoms with Crippen molar-refractivity contribution in [3.8, 4) is 11.4 Å². The Morgan fingerprint density at radius 3 is 2.72 bits per heavy atom. The Bertz CT molecular complexity index is 1410. The van der Waals surface area contributed by atoms with Crippen LogP contribution in [0, 0.1) is 6.92 Å². The van der Waals surface area contributed by atoms with E-state index in [4.69, 9.17) is 11.6 Å². The SMILES string of the molecule is Cc1cccc(Cl)c1NC(=O)c1cnc(Nc2nc(-c3ccccc3)nc(N3CCNC(=O)C3)n2)s1. The van der Waals surface area contributed by atoms with Crippen LogP contribution in [-0.2, 0) is 4.79 Å². The lowest BCUT2D eigenvalue weighted by Crippen LogP contribution is -2.48. The van der Waals surface area contributed by atoms with Gasteiger partial charge in [-0.3, -0.25) is 14.9 Å². The highest BCUT2D eigenvalue weighted by Crippen LogP contribution is 2.28. The molecule has 1 saturated heterocycles. The van der Waals surface area contributed by atoms with Crippen LogP contribution in [-0.4, -0.2) is 51.4 Å². The Balaban J connectivity index is 1.40. The molecule has 0 unspecified atom stereocenters. The van der Waals surface area contributed by atoms with Gasteiger partial charge in [0.15, 0.2) is 11.0 Å². The molecule has 2 amide bonds. The minimum Gasteiger partial charge on any atom is -0.353 e. The maximum absolute atomic E-state index is 12.8. The fourth-order valence-corrected chi connectivity index (χ4v) is 4.56. The average molecular weight is 521 g/mol. The number of carbonyl (C=O) groups excluding carboxylic acids is 2. The zero-order chi connectivity index (χ0) is 25.1. The third-order valence-corrected chi connectivity index (χ3v) is 6.61. The van der Waals surface area contributed by atoms with Crippen molar-refractivity contribution in [3.05, 3.63) is 70.2 Å². The van der Waals surface area contributed by atoms with Gasteiger partial charge in [0.2, 0.25) is 17.8 Å². The molecule has 1 aliphatic heterocycles. The zero-order valence-electron chi connectivity index (χ0n) is 19.2. The Kier molecular flexibility index (Phi) is 6.74. The van der Waals surface area contributed by atoms with E-state index >= 15 is 0 Å². The number of halogens is 1. The number of carbonyl (C=O) groups is 2. The van der Waals surface area contributed by atoms with Crippen molar-refractivity contribution in [2.24, 2.45) is 0 Å². The highest BCUT2D eigenvalue weighted by atomic mass is 35.5. The molecule has 0 bridgehead atoms. The molecule has 12 heteroatoms. The van der Waals surface area contributed by atoms with Gasteiger partial charge in [0.1, 0.15) is 4.88 Å². The van der Waals surface area contributed by atoms with Crippen molar-refractivity contribution in [2.75, 3.05) is 35.2 Å². The Morgan fingerprint density at radius 2 is 1.94 bits per heavy atom. The van der Waals surface area contributed by atoms with E-state index in [0.29, 0.717) is 45.6 Å². The molecule has 5 rings (SSSR count). The van der Waals surface area contributed by atoms with E-state index in [1.54, 1.807) is 11.0 Å². The Morgan fingerprint density at radius 1 is 1.11 bits per heavy atom. The summed E-state index contributed by atoms with van der Waals surface area (Å²) in [6, 6.07) is 14.9. The number of thiazole rings is 1. The first-order valence-corrected chi connectivity index (χ1v) is 12.3. The molecule has 10 nitrogen and oxygen atoms in total. The lowest BCUT2D eigenvalue weighted by atomic mass is 10.2. The maximum atomic E-state index is 12.8. The second-order valence-electron chi connectivity index (χ2n) is 7.96. The average Bonchev–Trinajstić information content (AvgIpc) is 3.35. The number of aryl methyl sites for hydroxylation is 1. The van der Waals surface area contributed by atoms with E-state index in [9.17, 15) is 9.59 Å². The molecular weight excluding hydrogens is 500 g/mol. The number of amides is 2. The largest absolute Gasteiger partial charge is 0.353 e. The van der Waals surface area contributed by atoms with Gasteiger partial charge in [-0.15, -0.1) is 0 Å². The molecule has 0 spiro atoms. The number of aromatic nitrogens is 4. The molecule has 3 N–H and O–H groups in total. The monoisotopic (exact) mass is 520 g/mol. The molecular formula is C24H21ClN8O2S. The first kappa shape index (κ1) is 23.6. The fourth-order valence-electron chi connectivity index (χ4n) is 3.59. The molecule has 36 heavy (non-hydrogen) atoms. The Hall–Kier alpha value is -4.09. The number of rotatable bonds is 6. The standard InChI is InChI=1S/C24H21ClN8O2S/c1-14-6-5-9-16(25)19(14)28-21(35)17-12-27-24(36-17)32-22-29-20(15-7-3-2-4-8-15)30-23(31-22)33-11-10-26-18(34)13-33/h2-9,12H,10-11,13H2,1H3,(H,26,34)(H,28,35)(H,27,29,30,31,32). The van der Waals surface area contributed by atoms with Crippen molar-refractivity contribution in [1.82, 2.24) is 25.3 Å². The van der Waals surface area contributed by atoms with Gasteiger partial charge in [-0.1, -0.05) is 65.4 Å². The number of hydrogen-bond donors (Lipinski definition) is 3. The molecule has 4 aromatic rings. The number of anilines is 4. The van der Waals surface area contributed by atoms with Gasteiger partial charge >= 0.3 is 0 Å². The Labute approximate surface area is 215 Å². The minimum absolute atomic E-state index is 0.0956. The predicted octanol–water partition coefficient (Wildman–Crippen LogP) is 3.89. The van der Waals surface area contributed by atoms with E-state index < -0.39 is 0 Å². The van der Waals surface area contributed by atoms with Crippen molar-refractivity contribution in [3.63, 3.8) is 0 Å². The van der Waals surface area contributed by atoms with E-state index in [1.807, 2.05) is 49.4 Å². The maximum Gasteiger partial charge on any atom is 0.267 e. The van der Waals surface area contributed by atoms with Crippen LogP contribution in [0.15, 0.2) is 54.7 Å². The molecule has 2 aromatic carbocycles. The fraction of sp³-hybridized carbons (Fsp3) is 0.167. The molecule has 1 aliphatic rings. The molecule has 1 fully saturated rings. The topological polar surface area (TPSA) is 125 Å². The summed E-state index contributed by atoms with van der Waals surface area (Å²) < 4.78 is 0. The highest BCUT2D eigenvalue weighted by molar-refractivity contribution is 7.17. The minimum atomic E-state index is -0.322. The van der Waals surface area contributed by atoms with Crippen molar-refractivity contribution >= 4 is 57.5 Å². The first-order chi connectivity index (χ1) is 17.5. The second-order valence-corrected chi connectivity index (χ2v) is 9.40. The van der Waals surface area contributed by atoms with Gasteiger partial charge in [0.05, 0.1) is 23.5 Å². The molecule has 0 saturated carbocycles. The van der Waals surface area contributed by atoms with Crippen molar-refractivity contribution in [2.45, 2.75) is 6.92 Å². The second kappa shape index (κ2) is 10.3. The van der Waals surface area contributed by atoms with Crippen LogP contribution in [0.3, 0.4) is 0 Å². The van der Waals surface area contributed by atoms with Crippen LogP contribution in [0.1, 0.15) is 15.2 Å². The molecule has 2 aromatic heterocycles. The molecule has 0 atom stereocenters. The normalized spacial score (nSPS) is 13.3. The van der Waals surface area contributed by atoms with E-state index in [0.717, 1.165) is 22.5 Å². The van der Waals surface area contributed by atoms with Crippen LogP contribution in [0.5, 0.6) is 0 Å². The summed E-state index contributed by atoms with van der Waals surface area (Å²) in [5.74, 6) is 0.676. The predicted molar refractivity (Wildman–Crippen MR) is 140 cm³/mol. The smallest absolute Gasteiger partial charge is 0.267 e. The van der Waals surface area contributed by atoms with Crippen molar-refractivity contribution in [1.29, 1.82) is 0 Å². The van der Waals surface area contributed by atoms with Crippen molar-refractivity contribution < 1.29 is 9.59 Å². The first-order valence-electron chi connectivity index (χ1n) is 11.1. The third kappa shape index (κ3) is 5.26. The van der Waals surface area contributed by atoms with Crippen LogP contribution in [0.25, 0.3) is 11.4 Å². The molecule has 182 valence electrons. The molecule has 0 aliphatic carbocycles. The summed E-state index contributed by atoms with van der Waals surface area (Å²) in [5, 5.41) is 9.62. The summed E-state index contributed by atoms with van der Waals surface area (Å²) in [7, 11) is 0. The van der Waals surface area contributed by atoms with E-state index in [2.05, 4.69) is 35.9 Å². The summed E-state index contributed by atoms with van der Waals surface area (Å²) in [6.07, 6.45) is 1.48. The lowest BCUT2D eigenvalue weighted by Gasteiger charge is -2.26. The number of nitrogens with one attached hydrogen (secondary N) is 3. The van der Waals surface area contributed by atoms with Crippen LogP contribution in [0.2, 0.25) is 5.02 Å². The number of benzene rings is 2. The number of para-hydroxylation sites is 1. The summed E-state index contributed by atoms with van der Waals surface area (Å²) in [5.41, 5.74) is 2.23. The van der Waals surface area contributed by atoms with E-state index in [-0.39, 0.29) is 24.3 Å². The third-order valence-electron chi connectivity index (χ3n) is 5.39. The van der Waals surface area contributed by atoms with Crippen LogP contribution >= 0.6 is 22.9 Å². The van der Waals surface area contributed by atoms with Gasteiger partial charge in [0.25, 0.3) is 5.91 Å².